The maximum Gasteiger partial charge on any atom is 0.133 e. The first kappa shape index (κ1) is 14.1. The standard InChI is InChI=1S/C13H17BrClNO2/c1-2-13(17)8-16(9-13)5-6-18-12-4-3-10(15)7-11(12)14/h3-4,7,17H,2,5-6,8-9H2,1H3. The Morgan fingerprint density at radius 2 is 2.22 bits per heavy atom. The van der Waals surface area contributed by atoms with E-state index in [-0.39, 0.29) is 0 Å². The summed E-state index contributed by atoms with van der Waals surface area (Å²) in [7, 11) is 0. The highest BCUT2D eigenvalue weighted by Gasteiger charge is 2.38. The van der Waals surface area contributed by atoms with Crippen molar-refractivity contribution < 1.29 is 9.84 Å². The summed E-state index contributed by atoms with van der Waals surface area (Å²) in [6.45, 7) is 4.94. The van der Waals surface area contributed by atoms with Gasteiger partial charge >= 0.3 is 0 Å². The zero-order valence-electron chi connectivity index (χ0n) is 10.3. The average Bonchev–Trinajstić information content (AvgIpc) is 2.29. The van der Waals surface area contributed by atoms with Crippen molar-refractivity contribution in [2.45, 2.75) is 18.9 Å². The van der Waals surface area contributed by atoms with Gasteiger partial charge in [0.05, 0.1) is 10.1 Å². The second-order valence-corrected chi connectivity index (χ2v) is 6.00. The number of aliphatic hydroxyl groups is 1. The third-order valence-electron chi connectivity index (χ3n) is 3.25. The van der Waals surface area contributed by atoms with E-state index >= 15 is 0 Å². The maximum absolute atomic E-state index is 9.88. The molecule has 0 aliphatic carbocycles. The number of hydrogen-bond donors (Lipinski definition) is 1. The van der Waals surface area contributed by atoms with E-state index < -0.39 is 5.60 Å². The van der Waals surface area contributed by atoms with Crippen molar-refractivity contribution in [1.29, 1.82) is 0 Å². The number of benzene rings is 1. The van der Waals surface area contributed by atoms with Crippen molar-refractivity contribution in [3.8, 4) is 5.75 Å². The number of halogens is 2. The van der Waals surface area contributed by atoms with Crippen LogP contribution in [0.2, 0.25) is 5.02 Å². The molecule has 1 N–H and O–H groups in total. The Balaban J connectivity index is 1.73. The van der Waals surface area contributed by atoms with Crippen molar-refractivity contribution in [2.24, 2.45) is 0 Å². The summed E-state index contributed by atoms with van der Waals surface area (Å²) in [5.41, 5.74) is -0.471. The Hall–Kier alpha value is -0.290. The first-order chi connectivity index (χ1) is 8.52. The summed E-state index contributed by atoms with van der Waals surface area (Å²) in [6.07, 6.45) is 0.813. The van der Waals surface area contributed by atoms with Crippen LogP contribution in [0.3, 0.4) is 0 Å². The predicted octanol–water partition coefficient (Wildman–Crippen LogP) is 2.94. The van der Waals surface area contributed by atoms with Crippen LogP contribution in [0.5, 0.6) is 5.75 Å². The second kappa shape index (κ2) is 5.78. The van der Waals surface area contributed by atoms with Gasteiger partial charge in [-0.1, -0.05) is 18.5 Å². The van der Waals surface area contributed by atoms with Gasteiger partial charge in [0.25, 0.3) is 0 Å². The quantitative estimate of drug-likeness (QED) is 0.898. The fraction of sp³-hybridized carbons (Fsp3) is 0.538. The van der Waals surface area contributed by atoms with E-state index in [9.17, 15) is 5.11 Å². The number of β-amino-alcohol motifs (C(OH)–C–C–N with tert-alkyl or cyclic N) is 1. The molecule has 2 rings (SSSR count). The molecule has 100 valence electrons. The van der Waals surface area contributed by atoms with Gasteiger partial charge in [-0.15, -0.1) is 0 Å². The van der Waals surface area contributed by atoms with Crippen LogP contribution in [0.1, 0.15) is 13.3 Å². The van der Waals surface area contributed by atoms with Crippen LogP contribution in [0.25, 0.3) is 0 Å². The van der Waals surface area contributed by atoms with E-state index in [0.29, 0.717) is 11.6 Å². The molecule has 1 heterocycles. The highest BCUT2D eigenvalue weighted by molar-refractivity contribution is 9.10. The van der Waals surface area contributed by atoms with Gasteiger partial charge in [0.15, 0.2) is 0 Å². The van der Waals surface area contributed by atoms with E-state index in [1.54, 1.807) is 6.07 Å². The second-order valence-electron chi connectivity index (χ2n) is 4.71. The van der Waals surface area contributed by atoms with Crippen LogP contribution in [0, 0.1) is 0 Å². The topological polar surface area (TPSA) is 32.7 Å². The Kier molecular flexibility index (Phi) is 4.54. The van der Waals surface area contributed by atoms with Crippen molar-refractivity contribution in [1.82, 2.24) is 4.90 Å². The molecule has 0 spiro atoms. The summed E-state index contributed by atoms with van der Waals surface area (Å²) in [5.74, 6) is 0.797. The molecule has 0 radical (unpaired) electrons. The lowest BCUT2D eigenvalue weighted by molar-refractivity contribution is -0.102. The number of hydrogen-bond acceptors (Lipinski definition) is 3. The molecule has 1 aromatic carbocycles. The minimum atomic E-state index is -0.471. The molecule has 0 aromatic heterocycles. The molecule has 1 fully saturated rings. The summed E-state index contributed by atoms with van der Waals surface area (Å²) >= 11 is 9.27. The van der Waals surface area contributed by atoms with Crippen molar-refractivity contribution in [3.63, 3.8) is 0 Å². The van der Waals surface area contributed by atoms with Gasteiger partial charge < -0.3 is 9.84 Å². The Bertz CT molecular complexity index is 421. The third kappa shape index (κ3) is 3.38. The van der Waals surface area contributed by atoms with Gasteiger partial charge in [-0.3, -0.25) is 4.90 Å². The molecule has 0 amide bonds. The smallest absolute Gasteiger partial charge is 0.133 e. The molecule has 5 heteroatoms. The number of rotatable bonds is 5. The average molecular weight is 335 g/mol. The first-order valence-electron chi connectivity index (χ1n) is 6.05. The van der Waals surface area contributed by atoms with Crippen molar-refractivity contribution in [2.75, 3.05) is 26.2 Å². The summed E-state index contributed by atoms with van der Waals surface area (Å²) in [4.78, 5) is 2.19. The first-order valence-corrected chi connectivity index (χ1v) is 7.22. The van der Waals surface area contributed by atoms with Gasteiger partial charge in [-0.2, -0.15) is 0 Å². The minimum Gasteiger partial charge on any atom is -0.491 e. The lowest BCUT2D eigenvalue weighted by Crippen LogP contribution is -2.61. The van der Waals surface area contributed by atoms with Crippen molar-refractivity contribution in [3.05, 3.63) is 27.7 Å². The molecule has 0 bridgehead atoms. The molecule has 3 nitrogen and oxygen atoms in total. The molecule has 0 saturated carbocycles. The highest BCUT2D eigenvalue weighted by atomic mass is 79.9. The summed E-state index contributed by atoms with van der Waals surface area (Å²) in [6, 6.07) is 5.47. The monoisotopic (exact) mass is 333 g/mol. The van der Waals surface area contributed by atoms with Gasteiger partial charge in [0.2, 0.25) is 0 Å². The zero-order valence-corrected chi connectivity index (χ0v) is 12.7. The number of ether oxygens (including phenoxy) is 1. The largest absolute Gasteiger partial charge is 0.491 e. The highest BCUT2D eigenvalue weighted by Crippen LogP contribution is 2.28. The number of nitrogens with zero attached hydrogens (tertiary/aromatic N) is 1. The Morgan fingerprint density at radius 3 is 2.83 bits per heavy atom. The molecular weight excluding hydrogens is 318 g/mol. The van der Waals surface area contributed by atoms with Gasteiger partial charge in [-0.25, -0.2) is 0 Å². The van der Waals surface area contributed by atoms with Crippen LogP contribution < -0.4 is 4.74 Å². The molecule has 1 aromatic rings. The molecule has 0 unspecified atom stereocenters. The molecule has 1 aliphatic rings. The number of likely N-dealkylation sites (tertiary alicyclic amines) is 1. The van der Waals surface area contributed by atoms with Gasteiger partial charge in [0, 0.05) is 24.7 Å². The SMILES string of the molecule is CCC1(O)CN(CCOc2ccc(Cl)cc2Br)C1. The van der Waals surface area contributed by atoms with Crippen LogP contribution in [0.15, 0.2) is 22.7 Å². The van der Waals surface area contributed by atoms with E-state index in [0.717, 1.165) is 36.3 Å². The molecule has 18 heavy (non-hydrogen) atoms. The van der Waals surface area contributed by atoms with E-state index in [1.165, 1.54) is 0 Å². The summed E-state index contributed by atoms with van der Waals surface area (Å²) in [5, 5.41) is 10.6. The van der Waals surface area contributed by atoms with Crippen LogP contribution in [-0.2, 0) is 0 Å². The Labute approximate surface area is 121 Å². The van der Waals surface area contributed by atoms with Gasteiger partial charge in [-0.05, 0) is 40.5 Å². The molecule has 1 aliphatic heterocycles. The molecule has 1 saturated heterocycles. The zero-order chi connectivity index (χ0) is 13.2. The van der Waals surface area contributed by atoms with E-state index in [4.69, 9.17) is 16.3 Å². The van der Waals surface area contributed by atoms with E-state index in [1.807, 2.05) is 19.1 Å². The fourth-order valence-electron chi connectivity index (χ4n) is 2.04. The Morgan fingerprint density at radius 1 is 1.50 bits per heavy atom. The van der Waals surface area contributed by atoms with Crippen LogP contribution >= 0.6 is 27.5 Å². The molecule has 0 atom stereocenters. The van der Waals surface area contributed by atoms with Crippen LogP contribution in [0.4, 0.5) is 0 Å². The third-order valence-corrected chi connectivity index (χ3v) is 4.11. The normalized spacial score (nSPS) is 18.4. The fourth-order valence-corrected chi connectivity index (χ4v) is 2.84. The van der Waals surface area contributed by atoms with Gasteiger partial charge in [0.1, 0.15) is 12.4 Å². The minimum absolute atomic E-state index is 0.471. The lowest BCUT2D eigenvalue weighted by atomic mass is 9.91. The lowest BCUT2D eigenvalue weighted by Gasteiger charge is -2.46. The maximum atomic E-state index is 9.88. The predicted molar refractivity (Wildman–Crippen MR) is 76.3 cm³/mol. The molecular formula is C13H17BrClNO2. The van der Waals surface area contributed by atoms with E-state index in [2.05, 4.69) is 20.8 Å². The van der Waals surface area contributed by atoms with Crippen molar-refractivity contribution >= 4 is 27.5 Å². The summed E-state index contributed by atoms with van der Waals surface area (Å²) < 4.78 is 6.54. The van der Waals surface area contributed by atoms with Crippen LogP contribution in [-0.4, -0.2) is 41.8 Å².